The summed E-state index contributed by atoms with van der Waals surface area (Å²) in [5, 5.41) is 4.74. The quantitative estimate of drug-likeness (QED) is 0.833. The van der Waals surface area contributed by atoms with Gasteiger partial charge in [-0.15, -0.1) is 0 Å². The minimum Gasteiger partial charge on any atom is -0.459 e. The van der Waals surface area contributed by atoms with E-state index in [0.717, 1.165) is 30.9 Å². The molecule has 102 valence electrons. The number of fused-ring (bicyclic) bond motifs is 2. The summed E-state index contributed by atoms with van der Waals surface area (Å²) in [7, 11) is 0. The van der Waals surface area contributed by atoms with Crippen LogP contribution < -0.4 is 5.32 Å². The van der Waals surface area contributed by atoms with Crippen LogP contribution in [0.4, 0.5) is 0 Å². The fraction of sp³-hybridized carbons (Fsp3) is 0.529. The van der Waals surface area contributed by atoms with E-state index in [0.29, 0.717) is 0 Å². The van der Waals surface area contributed by atoms with Gasteiger partial charge in [-0.05, 0) is 74.4 Å². The highest BCUT2D eigenvalue weighted by atomic mass is 16.3. The molecule has 2 nitrogen and oxygen atoms in total. The Morgan fingerprint density at radius 3 is 2.63 bits per heavy atom. The smallest absolute Gasteiger partial charge is 0.134 e. The van der Waals surface area contributed by atoms with Crippen molar-refractivity contribution in [3.8, 4) is 0 Å². The number of rotatable bonds is 4. The normalized spacial score (nSPS) is 14.8. The van der Waals surface area contributed by atoms with E-state index in [9.17, 15) is 0 Å². The van der Waals surface area contributed by atoms with Crippen molar-refractivity contribution in [2.24, 2.45) is 0 Å². The number of hydrogen-bond acceptors (Lipinski definition) is 2. The van der Waals surface area contributed by atoms with Crippen molar-refractivity contribution < 1.29 is 4.42 Å². The Bertz CT molecular complexity index is 582. The van der Waals surface area contributed by atoms with Crippen LogP contribution in [0.3, 0.4) is 0 Å². The van der Waals surface area contributed by atoms with E-state index >= 15 is 0 Å². The Morgan fingerprint density at radius 1 is 1.16 bits per heavy atom. The molecule has 1 N–H and O–H groups in total. The fourth-order valence-electron chi connectivity index (χ4n) is 3.05. The minimum absolute atomic E-state index is 0.846. The number of furan rings is 1. The lowest BCUT2D eigenvalue weighted by atomic mass is 9.90. The SMILES string of the molecule is CCCNCc1oc2cc3c(cc2c1C)CCCC3. The molecule has 0 radical (unpaired) electrons. The van der Waals surface area contributed by atoms with E-state index < -0.39 is 0 Å². The topological polar surface area (TPSA) is 25.2 Å². The van der Waals surface area contributed by atoms with Gasteiger partial charge in [0.2, 0.25) is 0 Å². The van der Waals surface area contributed by atoms with Gasteiger partial charge < -0.3 is 9.73 Å². The maximum atomic E-state index is 6.05. The van der Waals surface area contributed by atoms with Gasteiger partial charge in [-0.25, -0.2) is 0 Å². The Balaban J connectivity index is 1.95. The number of benzene rings is 1. The summed E-state index contributed by atoms with van der Waals surface area (Å²) in [5.41, 5.74) is 5.43. The molecule has 2 aromatic rings. The molecule has 0 saturated carbocycles. The summed E-state index contributed by atoms with van der Waals surface area (Å²) in [6, 6.07) is 4.64. The van der Waals surface area contributed by atoms with Gasteiger partial charge in [0.1, 0.15) is 11.3 Å². The highest BCUT2D eigenvalue weighted by molar-refractivity contribution is 5.83. The first kappa shape index (κ1) is 12.7. The van der Waals surface area contributed by atoms with Gasteiger partial charge >= 0.3 is 0 Å². The van der Waals surface area contributed by atoms with Crippen LogP contribution in [0.15, 0.2) is 16.5 Å². The van der Waals surface area contributed by atoms with Crippen LogP contribution >= 0.6 is 0 Å². The molecule has 0 amide bonds. The van der Waals surface area contributed by atoms with Gasteiger partial charge in [-0.3, -0.25) is 0 Å². The standard InChI is InChI=1S/C17H23NO/c1-3-8-18-11-17-12(2)15-9-13-6-4-5-7-14(13)10-16(15)19-17/h9-10,18H,3-8,11H2,1-2H3. The van der Waals surface area contributed by atoms with Crippen LogP contribution in [0.5, 0.6) is 0 Å². The van der Waals surface area contributed by atoms with Gasteiger partial charge in [0.25, 0.3) is 0 Å². The van der Waals surface area contributed by atoms with Crippen LogP contribution in [0.1, 0.15) is 48.6 Å². The van der Waals surface area contributed by atoms with Crippen molar-refractivity contribution in [2.75, 3.05) is 6.54 Å². The first-order valence-corrected chi connectivity index (χ1v) is 7.54. The summed E-state index contributed by atoms with van der Waals surface area (Å²) in [6.07, 6.45) is 6.27. The lowest BCUT2D eigenvalue weighted by molar-refractivity contribution is 0.509. The van der Waals surface area contributed by atoms with E-state index in [2.05, 4.69) is 31.3 Å². The zero-order valence-corrected chi connectivity index (χ0v) is 12.0. The van der Waals surface area contributed by atoms with E-state index in [1.165, 1.54) is 47.8 Å². The average Bonchev–Trinajstić information content (AvgIpc) is 2.73. The van der Waals surface area contributed by atoms with Crippen molar-refractivity contribution in [1.82, 2.24) is 5.32 Å². The number of hydrogen-bond donors (Lipinski definition) is 1. The third-order valence-electron chi connectivity index (χ3n) is 4.21. The van der Waals surface area contributed by atoms with Gasteiger partial charge in [0.05, 0.1) is 6.54 Å². The van der Waals surface area contributed by atoms with E-state index in [-0.39, 0.29) is 0 Å². The molecule has 0 aliphatic heterocycles. The Hall–Kier alpha value is -1.28. The molecule has 1 aliphatic rings. The molecule has 0 fully saturated rings. The Kier molecular flexibility index (Phi) is 3.61. The number of nitrogens with one attached hydrogen (secondary N) is 1. The molecule has 19 heavy (non-hydrogen) atoms. The zero-order chi connectivity index (χ0) is 13.2. The molecule has 1 aliphatic carbocycles. The van der Waals surface area contributed by atoms with Crippen molar-refractivity contribution in [2.45, 2.75) is 52.5 Å². The predicted octanol–water partition coefficient (Wildman–Crippen LogP) is 4.12. The largest absolute Gasteiger partial charge is 0.459 e. The fourth-order valence-corrected chi connectivity index (χ4v) is 3.05. The zero-order valence-electron chi connectivity index (χ0n) is 12.0. The van der Waals surface area contributed by atoms with E-state index in [1.807, 2.05) is 0 Å². The van der Waals surface area contributed by atoms with Crippen LogP contribution in [-0.4, -0.2) is 6.54 Å². The van der Waals surface area contributed by atoms with Crippen LogP contribution in [0.25, 0.3) is 11.0 Å². The second-order valence-electron chi connectivity index (χ2n) is 5.65. The highest BCUT2D eigenvalue weighted by Crippen LogP contribution is 2.31. The Morgan fingerprint density at radius 2 is 1.89 bits per heavy atom. The first-order chi connectivity index (χ1) is 9.29. The molecule has 1 heterocycles. The monoisotopic (exact) mass is 257 g/mol. The summed E-state index contributed by atoms with van der Waals surface area (Å²) in [4.78, 5) is 0. The van der Waals surface area contributed by atoms with Crippen molar-refractivity contribution >= 4 is 11.0 Å². The van der Waals surface area contributed by atoms with Crippen molar-refractivity contribution in [1.29, 1.82) is 0 Å². The number of aryl methyl sites for hydroxylation is 3. The van der Waals surface area contributed by atoms with Crippen LogP contribution in [0, 0.1) is 6.92 Å². The molecule has 0 spiro atoms. The third kappa shape index (κ3) is 2.42. The maximum absolute atomic E-state index is 6.05. The minimum atomic E-state index is 0.846. The van der Waals surface area contributed by atoms with Gasteiger partial charge in [0.15, 0.2) is 0 Å². The van der Waals surface area contributed by atoms with E-state index in [1.54, 1.807) is 0 Å². The molecular weight excluding hydrogens is 234 g/mol. The summed E-state index contributed by atoms with van der Waals surface area (Å²) < 4.78 is 6.05. The molecule has 2 heteroatoms. The lowest BCUT2D eigenvalue weighted by Crippen LogP contribution is -2.13. The van der Waals surface area contributed by atoms with Gasteiger partial charge in [-0.2, -0.15) is 0 Å². The van der Waals surface area contributed by atoms with Crippen molar-refractivity contribution in [3.63, 3.8) is 0 Å². The Labute approximate surface area is 115 Å². The van der Waals surface area contributed by atoms with Crippen LogP contribution in [0.2, 0.25) is 0 Å². The molecular formula is C17H23NO. The average molecular weight is 257 g/mol. The molecule has 0 saturated heterocycles. The van der Waals surface area contributed by atoms with Gasteiger partial charge in [0, 0.05) is 5.39 Å². The summed E-state index contributed by atoms with van der Waals surface area (Å²) in [5.74, 6) is 1.10. The maximum Gasteiger partial charge on any atom is 0.134 e. The highest BCUT2D eigenvalue weighted by Gasteiger charge is 2.15. The summed E-state index contributed by atoms with van der Waals surface area (Å²) >= 11 is 0. The summed E-state index contributed by atoms with van der Waals surface area (Å²) in [6.45, 7) is 6.27. The molecule has 0 atom stereocenters. The second kappa shape index (κ2) is 5.38. The first-order valence-electron chi connectivity index (χ1n) is 7.54. The molecule has 3 rings (SSSR count). The molecule has 1 aromatic heterocycles. The molecule has 0 bridgehead atoms. The van der Waals surface area contributed by atoms with Crippen LogP contribution in [-0.2, 0) is 19.4 Å². The molecule has 0 unspecified atom stereocenters. The predicted molar refractivity (Wildman–Crippen MR) is 79.6 cm³/mol. The van der Waals surface area contributed by atoms with Gasteiger partial charge in [-0.1, -0.05) is 6.92 Å². The second-order valence-corrected chi connectivity index (χ2v) is 5.65. The molecule has 1 aromatic carbocycles. The third-order valence-corrected chi connectivity index (χ3v) is 4.21. The van der Waals surface area contributed by atoms with E-state index in [4.69, 9.17) is 4.42 Å². The lowest BCUT2D eigenvalue weighted by Gasteiger charge is -2.14. The van der Waals surface area contributed by atoms with Crippen molar-refractivity contribution in [3.05, 3.63) is 34.6 Å².